The van der Waals surface area contributed by atoms with E-state index in [2.05, 4.69) is 0 Å². The van der Waals surface area contributed by atoms with Gasteiger partial charge in [0.2, 0.25) is 0 Å². The van der Waals surface area contributed by atoms with Crippen molar-refractivity contribution in [1.82, 2.24) is 0 Å². The van der Waals surface area contributed by atoms with Crippen LogP contribution in [0.15, 0.2) is 11.1 Å². The van der Waals surface area contributed by atoms with Gasteiger partial charge in [0.1, 0.15) is 0 Å². The molecule has 0 unspecified atom stereocenters. The predicted octanol–water partition coefficient (Wildman–Crippen LogP) is 0.151. The fourth-order valence-electron chi connectivity index (χ4n) is 1.84. The molecule has 0 heterocycles. The SMILES string of the molecule is CC1=C(CO)[C@@H](CC(=O)O)[C@H](O)C1. The number of aliphatic carboxylic acids is 1. The number of carbonyl (C=O) groups is 1. The first-order chi connectivity index (χ1) is 6.06. The highest BCUT2D eigenvalue weighted by atomic mass is 16.4. The summed E-state index contributed by atoms with van der Waals surface area (Å²) in [6.07, 6.45) is -0.263. The van der Waals surface area contributed by atoms with E-state index in [0.717, 1.165) is 5.57 Å². The molecule has 4 nitrogen and oxygen atoms in total. The van der Waals surface area contributed by atoms with Crippen LogP contribution in [0, 0.1) is 5.92 Å². The fourth-order valence-corrected chi connectivity index (χ4v) is 1.84. The molecule has 0 saturated carbocycles. The number of carboxylic acids is 1. The zero-order chi connectivity index (χ0) is 10.0. The molecule has 2 atom stereocenters. The molecular weight excluding hydrogens is 172 g/mol. The van der Waals surface area contributed by atoms with E-state index in [9.17, 15) is 9.90 Å². The summed E-state index contributed by atoms with van der Waals surface area (Å²) in [6, 6.07) is 0. The van der Waals surface area contributed by atoms with Gasteiger partial charge in [-0.25, -0.2) is 0 Å². The molecule has 0 aromatic heterocycles. The third-order valence-corrected chi connectivity index (χ3v) is 2.54. The molecule has 3 N–H and O–H groups in total. The molecule has 0 aromatic rings. The Kier molecular flexibility index (Phi) is 3.06. The fraction of sp³-hybridized carbons (Fsp3) is 0.667. The first-order valence-electron chi connectivity index (χ1n) is 4.25. The van der Waals surface area contributed by atoms with Gasteiger partial charge in [-0.15, -0.1) is 0 Å². The second kappa shape index (κ2) is 3.89. The van der Waals surface area contributed by atoms with Crippen molar-refractivity contribution < 1.29 is 20.1 Å². The molecule has 74 valence electrons. The normalized spacial score (nSPS) is 28.2. The van der Waals surface area contributed by atoms with Crippen LogP contribution in [-0.4, -0.2) is 34.0 Å². The zero-order valence-electron chi connectivity index (χ0n) is 7.53. The maximum absolute atomic E-state index is 10.5. The Morgan fingerprint density at radius 1 is 1.62 bits per heavy atom. The smallest absolute Gasteiger partial charge is 0.304 e. The Balaban J connectivity index is 2.76. The van der Waals surface area contributed by atoms with Crippen molar-refractivity contribution in [1.29, 1.82) is 0 Å². The number of hydrogen-bond donors (Lipinski definition) is 3. The number of carboxylic acid groups (broad SMARTS) is 1. The number of aliphatic hydroxyl groups excluding tert-OH is 2. The molecule has 13 heavy (non-hydrogen) atoms. The number of rotatable bonds is 3. The Hall–Kier alpha value is -0.870. The van der Waals surface area contributed by atoms with Gasteiger partial charge in [0, 0.05) is 5.92 Å². The van der Waals surface area contributed by atoms with E-state index in [1.54, 1.807) is 0 Å². The number of hydrogen-bond acceptors (Lipinski definition) is 3. The van der Waals surface area contributed by atoms with Gasteiger partial charge >= 0.3 is 5.97 Å². The molecule has 0 aromatic carbocycles. The van der Waals surface area contributed by atoms with Crippen LogP contribution < -0.4 is 0 Å². The Morgan fingerprint density at radius 3 is 2.69 bits per heavy atom. The highest BCUT2D eigenvalue weighted by Gasteiger charge is 2.32. The zero-order valence-corrected chi connectivity index (χ0v) is 7.53. The van der Waals surface area contributed by atoms with Crippen LogP contribution in [-0.2, 0) is 4.79 Å². The summed E-state index contributed by atoms with van der Waals surface area (Å²) in [5, 5.41) is 27.0. The van der Waals surface area contributed by atoms with E-state index in [4.69, 9.17) is 10.2 Å². The average Bonchev–Trinajstić information content (AvgIpc) is 2.26. The largest absolute Gasteiger partial charge is 0.481 e. The van der Waals surface area contributed by atoms with Crippen molar-refractivity contribution in [3.05, 3.63) is 11.1 Å². The lowest BCUT2D eigenvalue weighted by Crippen LogP contribution is -2.21. The average molecular weight is 186 g/mol. The van der Waals surface area contributed by atoms with Crippen LogP contribution in [0.2, 0.25) is 0 Å². The van der Waals surface area contributed by atoms with Crippen LogP contribution in [0.1, 0.15) is 19.8 Å². The van der Waals surface area contributed by atoms with Gasteiger partial charge in [0.15, 0.2) is 0 Å². The van der Waals surface area contributed by atoms with E-state index in [1.165, 1.54) is 0 Å². The maximum Gasteiger partial charge on any atom is 0.304 e. The van der Waals surface area contributed by atoms with E-state index in [-0.39, 0.29) is 13.0 Å². The van der Waals surface area contributed by atoms with Gasteiger partial charge in [-0.05, 0) is 18.9 Å². The second-order valence-corrected chi connectivity index (χ2v) is 3.44. The third-order valence-electron chi connectivity index (χ3n) is 2.54. The second-order valence-electron chi connectivity index (χ2n) is 3.44. The summed E-state index contributed by atoms with van der Waals surface area (Å²) >= 11 is 0. The maximum atomic E-state index is 10.5. The number of aliphatic hydroxyl groups is 2. The monoisotopic (exact) mass is 186 g/mol. The van der Waals surface area contributed by atoms with Crippen LogP contribution >= 0.6 is 0 Å². The van der Waals surface area contributed by atoms with E-state index < -0.39 is 18.0 Å². The summed E-state index contributed by atoms with van der Waals surface area (Å²) < 4.78 is 0. The molecule has 1 rings (SSSR count). The minimum absolute atomic E-state index is 0.103. The van der Waals surface area contributed by atoms with E-state index in [1.807, 2.05) is 6.92 Å². The van der Waals surface area contributed by atoms with Gasteiger partial charge in [-0.1, -0.05) is 5.57 Å². The molecule has 1 aliphatic rings. The topological polar surface area (TPSA) is 77.8 Å². The van der Waals surface area contributed by atoms with Gasteiger partial charge < -0.3 is 15.3 Å². The lowest BCUT2D eigenvalue weighted by atomic mass is 9.96. The summed E-state index contributed by atoms with van der Waals surface area (Å²) in [7, 11) is 0. The van der Waals surface area contributed by atoms with Crippen LogP contribution in [0.25, 0.3) is 0 Å². The molecular formula is C9H14O4. The molecule has 0 radical (unpaired) electrons. The third kappa shape index (κ3) is 2.08. The van der Waals surface area contributed by atoms with E-state index in [0.29, 0.717) is 12.0 Å². The van der Waals surface area contributed by atoms with Gasteiger partial charge in [-0.3, -0.25) is 4.79 Å². The van der Waals surface area contributed by atoms with Crippen molar-refractivity contribution in [3.8, 4) is 0 Å². The van der Waals surface area contributed by atoms with Crippen LogP contribution in [0.3, 0.4) is 0 Å². The highest BCUT2D eigenvalue weighted by Crippen LogP contribution is 2.33. The Bertz CT molecular complexity index is 244. The van der Waals surface area contributed by atoms with Gasteiger partial charge in [0.05, 0.1) is 19.1 Å². The Labute approximate surface area is 76.5 Å². The lowest BCUT2D eigenvalue weighted by Gasteiger charge is -2.15. The first-order valence-corrected chi connectivity index (χ1v) is 4.25. The molecule has 0 bridgehead atoms. The molecule has 4 heteroatoms. The van der Waals surface area contributed by atoms with Crippen molar-refractivity contribution >= 4 is 5.97 Å². The van der Waals surface area contributed by atoms with Crippen LogP contribution in [0.5, 0.6) is 0 Å². The summed E-state index contributed by atoms with van der Waals surface area (Å²) in [4.78, 5) is 10.5. The lowest BCUT2D eigenvalue weighted by molar-refractivity contribution is -0.138. The molecule has 0 saturated heterocycles. The van der Waals surface area contributed by atoms with Crippen LogP contribution in [0.4, 0.5) is 0 Å². The molecule has 0 spiro atoms. The Morgan fingerprint density at radius 2 is 2.23 bits per heavy atom. The van der Waals surface area contributed by atoms with Crippen molar-refractivity contribution in [3.63, 3.8) is 0 Å². The van der Waals surface area contributed by atoms with Crippen molar-refractivity contribution in [2.24, 2.45) is 5.92 Å². The quantitative estimate of drug-likeness (QED) is 0.548. The summed E-state index contributed by atoms with van der Waals surface area (Å²) in [5.41, 5.74) is 1.61. The predicted molar refractivity (Wildman–Crippen MR) is 46.2 cm³/mol. The van der Waals surface area contributed by atoms with E-state index >= 15 is 0 Å². The molecule has 0 fully saturated rings. The van der Waals surface area contributed by atoms with Gasteiger partial charge in [-0.2, -0.15) is 0 Å². The summed E-state index contributed by atoms with van der Waals surface area (Å²) in [6.45, 7) is 1.66. The van der Waals surface area contributed by atoms with Gasteiger partial charge in [0.25, 0.3) is 0 Å². The standard InChI is InChI=1S/C9H14O4/c1-5-2-8(11)6(3-9(12)13)7(5)4-10/h6,8,10-11H,2-4H2,1H3,(H,12,13)/t6-,8-/m1/s1. The molecule has 0 amide bonds. The first kappa shape index (κ1) is 10.2. The minimum Gasteiger partial charge on any atom is -0.481 e. The van der Waals surface area contributed by atoms with Crippen molar-refractivity contribution in [2.45, 2.75) is 25.9 Å². The van der Waals surface area contributed by atoms with Crippen molar-refractivity contribution in [2.75, 3.05) is 6.61 Å². The highest BCUT2D eigenvalue weighted by molar-refractivity contribution is 5.68. The summed E-state index contributed by atoms with van der Waals surface area (Å²) in [5.74, 6) is -1.34. The molecule has 1 aliphatic carbocycles. The molecule has 0 aliphatic heterocycles. The minimum atomic E-state index is -0.940.